The van der Waals surface area contributed by atoms with Crippen LogP contribution in [0, 0.1) is 46.3 Å². The third-order valence-corrected chi connectivity index (χ3v) is 6.05. The van der Waals surface area contributed by atoms with Crippen molar-refractivity contribution in [1.29, 1.82) is 0 Å². The molecule has 0 aromatic heterocycles. The molecule has 0 saturated carbocycles. The molecule has 0 fully saturated rings. The molecule has 4 aromatic rings. The van der Waals surface area contributed by atoms with E-state index in [1.807, 2.05) is 0 Å². The van der Waals surface area contributed by atoms with Gasteiger partial charge in [0.15, 0.2) is 0 Å². The van der Waals surface area contributed by atoms with Crippen LogP contribution in [0.4, 0.5) is 0 Å². The number of rotatable bonds is 4. The quantitative estimate of drug-likeness (QED) is 0.112. The number of halogens is 2. The van der Waals surface area contributed by atoms with Crippen LogP contribution in [0.5, 0.6) is 0 Å². The third-order valence-electron chi connectivity index (χ3n) is 6.05. The Morgan fingerprint density at radius 1 is 0.682 bits per heavy atom. The molecule has 0 atom stereocenters. The van der Waals surface area contributed by atoms with Crippen LogP contribution in [0.3, 0.4) is 0 Å². The molecule has 0 nitrogen and oxygen atoms in total. The summed E-state index contributed by atoms with van der Waals surface area (Å²) in [5.41, 5.74) is 5.26. The predicted octanol–water partition coefficient (Wildman–Crippen LogP) is 12.5. The molecule has 2 radical (unpaired) electrons. The first-order valence-electron chi connectivity index (χ1n) is 15.5. The Kier molecular flexibility index (Phi) is 18.3. The van der Waals surface area contributed by atoms with Crippen molar-refractivity contribution in [1.82, 2.24) is 0 Å². The van der Waals surface area contributed by atoms with Gasteiger partial charge in [0.2, 0.25) is 0 Å². The van der Waals surface area contributed by atoms with E-state index in [9.17, 15) is 0 Å². The second-order valence-corrected chi connectivity index (χ2v) is 18.8. The summed E-state index contributed by atoms with van der Waals surface area (Å²) in [4.78, 5) is 0. The molecule has 0 bridgehead atoms. The van der Waals surface area contributed by atoms with Crippen LogP contribution in [0.1, 0.15) is 91.5 Å². The molecule has 0 aliphatic carbocycles. The Hall–Kier alpha value is -1.54. The Bertz CT molecular complexity index is 1420. The topological polar surface area (TPSA) is 0 Å². The standard InChI is InChI=1S/2C19H23.C2H6Si.2ClH.Zr/c2*1-14(2)11-15-12-17-8-6-7-16(18(17)13-15)9-10-19(3,4)5;1-3-2;;;/h2*6-8,12-14H,11H2,1-5H3;1-2H3;2*1H;/q2*-1;;;;+4/p-2. The molecule has 0 saturated heterocycles. The molecule has 0 aliphatic heterocycles. The van der Waals surface area contributed by atoms with Crippen molar-refractivity contribution in [3.05, 3.63) is 82.9 Å². The average molecular weight is 723 g/mol. The van der Waals surface area contributed by atoms with Gasteiger partial charge in [-0.05, 0) is 77.3 Å². The number of hydrogen-bond acceptors (Lipinski definition) is 0. The fraction of sp³-hybridized carbons (Fsp3) is 0.450. The van der Waals surface area contributed by atoms with E-state index in [1.165, 1.54) is 32.7 Å². The van der Waals surface area contributed by atoms with Crippen LogP contribution in [0.25, 0.3) is 21.5 Å². The maximum atomic E-state index is 4.93. The Labute approximate surface area is 291 Å². The zero-order chi connectivity index (χ0) is 33.5. The van der Waals surface area contributed by atoms with Gasteiger partial charge in [0.05, 0.1) is 0 Å². The van der Waals surface area contributed by atoms with Crippen molar-refractivity contribution in [3.8, 4) is 23.7 Å². The van der Waals surface area contributed by atoms with Crippen LogP contribution in [0.2, 0.25) is 13.1 Å². The van der Waals surface area contributed by atoms with E-state index in [0.717, 1.165) is 33.5 Å². The van der Waals surface area contributed by atoms with E-state index in [1.54, 1.807) is 0 Å². The fourth-order valence-corrected chi connectivity index (χ4v) is 4.50. The van der Waals surface area contributed by atoms with Crippen molar-refractivity contribution in [2.45, 2.75) is 95.2 Å². The molecule has 0 N–H and O–H groups in total. The maximum absolute atomic E-state index is 4.93. The number of benzene rings is 2. The molecule has 4 rings (SSSR count). The summed E-state index contributed by atoms with van der Waals surface area (Å²) in [7, 11) is 11.0. The molecule has 4 heteroatoms. The van der Waals surface area contributed by atoms with Crippen LogP contribution >= 0.6 is 17.0 Å². The van der Waals surface area contributed by atoms with E-state index >= 15 is 0 Å². The van der Waals surface area contributed by atoms with Crippen molar-refractivity contribution in [2.24, 2.45) is 22.7 Å². The zero-order valence-electron chi connectivity index (χ0n) is 29.1. The van der Waals surface area contributed by atoms with Gasteiger partial charge < -0.3 is 0 Å². The molecular weight excluding hydrogens is 671 g/mol. The summed E-state index contributed by atoms with van der Waals surface area (Å²) >= 11 is -0.826. The van der Waals surface area contributed by atoms with Gasteiger partial charge in [-0.2, -0.15) is 12.1 Å². The Morgan fingerprint density at radius 2 is 1.00 bits per heavy atom. The second-order valence-electron chi connectivity index (χ2n) is 14.1. The zero-order valence-corrected chi connectivity index (χ0v) is 34.1. The first-order chi connectivity index (χ1) is 20.5. The number of hydrogen-bond donors (Lipinski definition) is 0. The summed E-state index contributed by atoms with van der Waals surface area (Å²) < 4.78 is 0. The summed E-state index contributed by atoms with van der Waals surface area (Å²) in [6.07, 6.45) is 2.28. The van der Waals surface area contributed by atoms with Crippen molar-refractivity contribution >= 4 is 48.1 Å². The summed E-state index contributed by atoms with van der Waals surface area (Å²) in [6.45, 7) is 26.2. The summed E-state index contributed by atoms with van der Waals surface area (Å²) in [5, 5.41) is 5.23. The average Bonchev–Trinajstić information content (AvgIpc) is 3.49. The van der Waals surface area contributed by atoms with Crippen LogP contribution < -0.4 is 0 Å². The summed E-state index contributed by atoms with van der Waals surface area (Å²) in [6, 6.07) is 22.0. The minimum absolute atomic E-state index is 0.0511. The SMILES string of the molecule is CC(C)Cc1cc2c(C#CC(C)(C)C)cccc2[cH-]1.CC(C)Cc1cc2c(C#CC(C)(C)C)cccc2[cH-]1.C[Si]C.[Cl][Zr+2][Cl]. The van der Waals surface area contributed by atoms with Crippen molar-refractivity contribution in [3.63, 3.8) is 0 Å². The second kappa shape index (κ2) is 19.9. The van der Waals surface area contributed by atoms with Gasteiger partial charge >= 0.3 is 37.9 Å². The molecule has 0 spiro atoms. The van der Waals surface area contributed by atoms with E-state index in [2.05, 4.69) is 167 Å². The van der Waals surface area contributed by atoms with Gasteiger partial charge in [-0.25, -0.2) is 0 Å². The van der Waals surface area contributed by atoms with E-state index in [4.69, 9.17) is 17.0 Å². The van der Waals surface area contributed by atoms with Crippen LogP contribution in [-0.2, 0) is 33.7 Å². The van der Waals surface area contributed by atoms with E-state index in [-0.39, 0.29) is 10.8 Å². The molecule has 4 aromatic carbocycles. The summed E-state index contributed by atoms with van der Waals surface area (Å²) in [5.74, 6) is 14.7. The molecular formula is C40H52Cl2SiZr. The molecule has 44 heavy (non-hydrogen) atoms. The Balaban J connectivity index is 0.000000373. The fourth-order valence-electron chi connectivity index (χ4n) is 4.50. The third kappa shape index (κ3) is 16.1. The Morgan fingerprint density at radius 3 is 1.27 bits per heavy atom. The van der Waals surface area contributed by atoms with Gasteiger partial charge in [0.25, 0.3) is 0 Å². The first kappa shape index (κ1) is 40.5. The van der Waals surface area contributed by atoms with Gasteiger partial charge in [0, 0.05) is 20.3 Å². The van der Waals surface area contributed by atoms with Crippen LogP contribution in [-0.4, -0.2) is 9.52 Å². The van der Waals surface area contributed by atoms with E-state index < -0.39 is 20.8 Å². The van der Waals surface area contributed by atoms with Gasteiger partial charge in [-0.1, -0.05) is 76.6 Å². The van der Waals surface area contributed by atoms with Crippen molar-refractivity contribution < 1.29 is 20.8 Å². The van der Waals surface area contributed by atoms with Crippen LogP contribution in [0.15, 0.2) is 60.7 Å². The minimum atomic E-state index is -0.826. The predicted molar refractivity (Wildman–Crippen MR) is 198 cm³/mol. The molecule has 234 valence electrons. The molecule has 0 unspecified atom stereocenters. The molecule has 0 aliphatic rings. The van der Waals surface area contributed by atoms with E-state index in [0.29, 0.717) is 11.8 Å². The van der Waals surface area contributed by atoms with Gasteiger partial charge in [-0.15, -0.1) is 69.1 Å². The van der Waals surface area contributed by atoms with Crippen molar-refractivity contribution in [2.75, 3.05) is 0 Å². The molecule has 0 amide bonds. The number of fused-ring (bicyclic) bond motifs is 2. The monoisotopic (exact) mass is 720 g/mol. The first-order valence-corrected chi connectivity index (χ1v) is 23.8. The normalized spacial score (nSPS) is 10.7. The van der Waals surface area contributed by atoms with Gasteiger partial charge in [0.1, 0.15) is 0 Å². The van der Waals surface area contributed by atoms with Gasteiger partial charge in [-0.3, -0.25) is 0 Å². The molecule has 0 heterocycles.